The molecular formula is C11H26N4. The third-order valence-electron chi connectivity index (χ3n) is 1.73. The lowest BCUT2D eigenvalue weighted by Crippen LogP contribution is -2.40. The van der Waals surface area contributed by atoms with Gasteiger partial charge in [-0.05, 0) is 34.6 Å². The highest BCUT2D eigenvalue weighted by Gasteiger charge is 2.06. The van der Waals surface area contributed by atoms with Crippen LogP contribution in [0.5, 0.6) is 0 Å². The maximum absolute atomic E-state index is 4.44. The second kappa shape index (κ2) is 7.51. The number of aliphatic imine (C=N–C) groups is 1. The first kappa shape index (κ1) is 14.2. The highest BCUT2D eigenvalue weighted by Crippen LogP contribution is 1.96. The van der Waals surface area contributed by atoms with E-state index in [1.807, 2.05) is 0 Å². The van der Waals surface area contributed by atoms with E-state index in [1.54, 1.807) is 0 Å². The second-order valence-corrected chi connectivity index (χ2v) is 4.47. The van der Waals surface area contributed by atoms with Gasteiger partial charge in [-0.25, -0.2) is 0 Å². The Bertz CT molecular complexity index is 174. The van der Waals surface area contributed by atoms with E-state index in [2.05, 4.69) is 55.6 Å². The maximum Gasteiger partial charge on any atom is 0.191 e. The van der Waals surface area contributed by atoms with Gasteiger partial charge in [-0.1, -0.05) is 0 Å². The van der Waals surface area contributed by atoms with E-state index < -0.39 is 0 Å². The van der Waals surface area contributed by atoms with E-state index in [0.29, 0.717) is 0 Å². The predicted molar refractivity (Wildman–Crippen MR) is 67.4 cm³/mol. The zero-order valence-electron chi connectivity index (χ0n) is 10.8. The summed E-state index contributed by atoms with van der Waals surface area (Å²) in [5.41, 5.74) is 0.173. The van der Waals surface area contributed by atoms with Gasteiger partial charge in [-0.2, -0.15) is 0 Å². The third kappa shape index (κ3) is 9.53. The fourth-order valence-electron chi connectivity index (χ4n) is 1.11. The molecule has 0 atom stereocenters. The summed E-state index contributed by atoms with van der Waals surface area (Å²) in [6, 6.07) is 0. The number of nitrogens with zero attached hydrogens (tertiary/aromatic N) is 1. The van der Waals surface area contributed by atoms with E-state index in [4.69, 9.17) is 0 Å². The molecular weight excluding hydrogens is 188 g/mol. The van der Waals surface area contributed by atoms with Crippen molar-refractivity contribution in [3.8, 4) is 0 Å². The fraction of sp³-hybridized carbons (Fsp3) is 0.909. The fourth-order valence-corrected chi connectivity index (χ4v) is 1.11. The van der Waals surface area contributed by atoms with Crippen LogP contribution < -0.4 is 16.0 Å². The number of hydrogen-bond donors (Lipinski definition) is 3. The zero-order chi connectivity index (χ0) is 11.7. The maximum atomic E-state index is 4.44. The van der Waals surface area contributed by atoms with E-state index in [0.717, 1.165) is 32.1 Å². The van der Waals surface area contributed by atoms with Crippen molar-refractivity contribution in [1.82, 2.24) is 16.0 Å². The molecule has 0 rings (SSSR count). The van der Waals surface area contributed by atoms with Gasteiger partial charge in [0.2, 0.25) is 0 Å². The Hall–Kier alpha value is -0.770. The van der Waals surface area contributed by atoms with E-state index in [-0.39, 0.29) is 5.54 Å². The average molecular weight is 214 g/mol. The summed E-state index contributed by atoms with van der Waals surface area (Å²) in [6.45, 7) is 14.1. The van der Waals surface area contributed by atoms with Crippen molar-refractivity contribution in [2.45, 2.75) is 40.2 Å². The highest BCUT2D eigenvalue weighted by atomic mass is 15.2. The first-order valence-electron chi connectivity index (χ1n) is 5.76. The van der Waals surface area contributed by atoms with Gasteiger partial charge in [0, 0.05) is 25.2 Å². The molecule has 4 nitrogen and oxygen atoms in total. The molecule has 0 aliphatic carbocycles. The Balaban J connectivity index is 3.79. The molecule has 0 aromatic heterocycles. The normalized spacial score (nSPS) is 11.0. The van der Waals surface area contributed by atoms with Crippen LogP contribution >= 0.6 is 0 Å². The van der Waals surface area contributed by atoms with Crippen molar-refractivity contribution < 1.29 is 0 Å². The molecule has 0 amide bonds. The molecule has 4 heteroatoms. The van der Waals surface area contributed by atoms with Gasteiger partial charge in [0.1, 0.15) is 0 Å². The summed E-state index contributed by atoms with van der Waals surface area (Å²) in [7, 11) is 0. The molecule has 0 aromatic carbocycles. The average Bonchev–Trinajstić information content (AvgIpc) is 2.11. The molecule has 0 saturated heterocycles. The molecule has 15 heavy (non-hydrogen) atoms. The number of rotatable bonds is 5. The molecule has 0 radical (unpaired) electrons. The Kier molecular flexibility index (Phi) is 7.13. The Morgan fingerprint density at radius 2 is 1.60 bits per heavy atom. The number of guanidine groups is 1. The van der Waals surface area contributed by atoms with Crippen LogP contribution in [-0.2, 0) is 0 Å². The summed E-state index contributed by atoms with van der Waals surface area (Å²) in [5.74, 6) is 0.899. The lowest BCUT2D eigenvalue weighted by molar-refractivity contribution is 0.432. The standard InChI is InChI=1S/C11H26N4/c1-6-12-10(13-7-2)14-8-9-15-11(3,4)5/h15H,6-9H2,1-5H3,(H2,12,13,14). The van der Waals surface area contributed by atoms with Crippen LogP contribution in [0.25, 0.3) is 0 Å². The predicted octanol–water partition coefficient (Wildman–Crippen LogP) is 0.949. The SMILES string of the molecule is CCNC(=NCCNC(C)(C)C)NCC. The Morgan fingerprint density at radius 1 is 1.07 bits per heavy atom. The van der Waals surface area contributed by atoms with Gasteiger partial charge in [-0.15, -0.1) is 0 Å². The van der Waals surface area contributed by atoms with Gasteiger partial charge in [0.25, 0.3) is 0 Å². The lowest BCUT2D eigenvalue weighted by atomic mass is 10.1. The van der Waals surface area contributed by atoms with Crippen molar-refractivity contribution in [1.29, 1.82) is 0 Å². The first-order chi connectivity index (χ1) is 6.99. The van der Waals surface area contributed by atoms with Crippen molar-refractivity contribution in [2.24, 2.45) is 4.99 Å². The molecule has 0 spiro atoms. The molecule has 0 unspecified atom stereocenters. The molecule has 0 heterocycles. The second-order valence-electron chi connectivity index (χ2n) is 4.47. The molecule has 0 fully saturated rings. The van der Waals surface area contributed by atoms with Gasteiger partial charge in [0.05, 0.1) is 6.54 Å². The molecule has 0 aliphatic rings. The summed E-state index contributed by atoms with van der Waals surface area (Å²) >= 11 is 0. The minimum Gasteiger partial charge on any atom is -0.357 e. The highest BCUT2D eigenvalue weighted by molar-refractivity contribution is 5.79. The molecule has 0 aromatic rings. The Labute approximate surface area is 93.9 Å². The molecule has 0 saturated carbocycles. The van der Waals surface area contributed by atoms with E-state index in [1.165, 1.54) is 0 Å². The number of hydrogen-bond acceptors (Lipinski definition) is 2. The van der Waals surface area contributed by atoms with Crippen LogP contribution in [0.2, 0.25) is 0 Å². The zero-order valence-corrected chi connectivity index (χ0v) is 10.8. The quantitative estimate of drug-likeness (QED) is 0.363. The topological polar surface area (TPSA) is 48.5 Å². The van der Waals surface area contributed by atoms with Crippen LogP contribution in [0.15, 0.2) is 4.99 Å². The minimum atomic E-state index is 0.173. The monoisotopic (exact) mass is 214 g/mol. The van der Waals surface area contributed by atoms with E-state index >= 15 is 0 Å². The van der Waals surface area contributed by atoms with Crippen molar-refractivity contribution in [3.63, 3.8) is 0 Å². The van der Waals surface area contributed by atoms with Crippen molar-refractivity contribution in [2.75, 3.05) is 26.2 Å². The van der Waals surface area contributed by atoms with Crippen LogP contribution in [0.4, 0.5) is 0 Å². The number of nitrogens with one attached hydrogen (secondary N) is 3. The largest absolute Gasteiger partial charge is 0.357 e. The van der Waals surface area contributed by atoms with Gasteiger partial charge >= 0.3 is 0 Å². The van der Waals surface area contributed by atoms with Crippen LogP contribution in [0.1, 0.15) is 34.6 Å². The summed E-state index contributed by atoms with van der Waals surface area (Å²) in [4.78, 5) is 4.44. The third-order valence-corrected chi connectivity index (χ3v) is 1.73. The van der Waals surface area contributed by atoms with E-state index in [9.17, 15) is 0 Å². The van der Waals surface area contributed by atoms with Crippen LogP contribution in [0.3, 0.4) is 0 Å². The Morgan fingerprint density at radius 3 is 2.00 bits per heavy atom. The molecule has 0 aliphatic heterocycles. The van der Waals surface area contributed by atoms with Gasteiger partial charge in [-0.3, -0.25) is 4.99 Å². The molecule has 90 valence electrons. The van der Waals surface area contributed by atoms with Crippen molar-refractivity contribution in [3.05, 3.63) is 0 Å². The lowest BCUT2D eigenvalue weighted by Gasteiger charge is -2.19. The molecule has 0 bridgehead atoms. The molecule has 3 N–H and O–H groups in total. The van der Waals surface area contributed by atoms with Gasteiger partial charge < -0.3 is 16.0 Å². The van der Waals surface area contributed by atoms with Gasteiger partial charge in [0.15, 0.2) is 5.96 Å². The summed E-state index contributed by atoms with van der Waals surface area (Å²) in [5, 5.41) is 9.78. The van der Waals surface area contributed by atoms with Crippen LogP contribution in [0, 0.1) is 0 Å². The summed E-state index contributed by atoms with van der Waals surface area (Å²) in [6.07, 6.45) is 0. The minimum absolute atomic E-state index is 0.173. The first-order valence-corrected chi connectivity index (χ1v) is 5.76. The van der Waals surface area contributed by atoms with Crippen molar-refractivity contribution >= 4 is 5.96 Å². The summed E-state index contributed by atoms with van der Waals surface area (Å²) < 4.78 is 0. The smallest absolute Gasteiger partial charge is 0.191 e. The van der Waals surface area contributed by atoms with Crippen LogP contribution in [-0.4, -0.2) is 37.7 Å².